The summed E-state index contributed by atoms with van der Waals surface area (Å²) in [4.78, 5) is 11.8. The van der Waals surface area contributed by atoms with E-state index in [9.17, 15) is 0 Å². The lowest BCUT2D eigenvalue weighted by atomic mass is 10.3. The molecule has 5 heteroatoms. The summed E-state index contributed by atoms with van der Waals surface area (Å²) in [6, 6.07) is 7.96. The molecule has 0 bridgehead atoms. The smallest absolute Gasteiger partial charge is 0.186 e. The lowest BCUT2D eigenvalue weighted by Crippen LogP contribution is -1.85. The molecule has 3 aromatic rings. The number of rotatable bonds is 3. The fraction of sp³-hybridized carbons (Fsp3) is 0. The van der Waals surface area contributed by atoms with Crippen molar-refractivity contribution >= 4 is 33.6 Å². The summed E-state index contributed by atoms with van der Waals surface area (Å²) in [6.07, 6.45) is 5.49. The lowest BCUT2D eigenvalue weighted by molar-refractivity contribution is 1.29. The van der Waals surface area contributed by atoms with Crippen LogP contribution < -0.4 is 5.32 Å². The third-order valence-corrected chi connectivity index (χ3v) is 2.99. The highest BCUT2D eigenvalue weighted by Gasteiger charge is 1.97. The Labute approximate surface area is 102 Å². The minimum atomic E-state index is 0.829. The monoisotopic (exact) mass is 242 g/mol. The zero-order valence-electron chi connectivity index (χ0n) is 8.92. The SMILES string of the molecule is C(=C\c1nc2ccccc2[nH]1)/Nc1nccs1. The first-order valence-corrected chi connectivity index (χ1v) is 6.07. The predicted octanol–water partition coefficient (Wildman–Crippen LogP) is 3.10. The van der Waals surface area contributed by atoms with Gasteiger partial charge in [0.2, 0.25) is 0 Å². The van der Waals surface area contributed by atoms with Crippen LogP contribution in [0, 0.1) is 0 Å². The molecule has 0 fully saturated rings. The quantitative estimate of drug-likeness (QED) is 0.742. The number of thiazole rings is 1. The zero-order chi connectivity index (χ0) is 11.5. The second-order valence-corrected chi connectivity index (χ2v) is 4.35. The lowest BCUT2D eigenvalue weighted by Gasteiger charge is -1.90. The van der Waals surface area contributed by atoms with E-state index in [0.29, 0.717) is 0 Å². The minimum absolute atomic E-state index is 0.829. The Hall–Kier alpha value is -2.14. The van der Waals surface area contributed by atoms with Crippen LogP contribution in [0.2, 0.25) is 0 Å². The molecule has 0 aliphatic rings. The van der Waals surface area contributed by atoms with E-state index in [1.165, 1.54) is 0 Å². The predicted molar refractivity (Wildman–Crippen MR) is 70.9 cm³/mol. The Morgan fingerprint density at radius 1 is 1.29 bits per heavy atom. The van der Waals surface area contributed by atoms with Crippen LogP contribution in [0.5, 0.6) is 0 Å². The van der Waals surface area contributed by atoms with Crippen molar-refractivity contribution in [1.82, 2.24) is 15.0 Å². The maximum Gasteiger partial charge on any atom is 0.186 e. The highest BCUT2D eigenvalue weighted by Crippen LogP contribution is 2.12. The Bertz CT molecular complexity index is 606. The molecule has 0 aliphatic carbocycles. The molecule has 1 aromatic carbocycles. The maximum atomic E-state index is 4.43. The molecule has 17 heavy (non-hydrogen) atoms. The number of aromatic nitrogens is 3. The van der Waals surface area contributed by atoms with Crippen molar-refractivity contribution in [3.05, 3.63) is 47.9 Å². The molecule has 2 aromatic heterocycles. The summed E-state index contributed by atoms with van der Waals surface area (Å²) in [5.74, 6) is 0.829. The largest absolute Gasteiger partial charge is 0.338 e. The van der Waals surface area contributed by atoms with Crippen LogP contribution in [-0.4, -0.2) is 15.0 Å². The van der Waals surface area contributed by atoms with Crippen LogP contribution >= 0.6 is 11.3 Å². The van der Waals surface area contributed by atoms with E-state index < -0.39 is 0 Å². The number of benzene rings is 1. The van der Waals surface area contributed by atoms with E-state index in [-0.39, 0.29) is 0 Å². The summed E-state index contributed by atoms with van der Waals surface area (Å²) in [6.45, 7) is 0. The number of fused-ring (bicyclic) bond motifs is 1. The van der Waals surface area contributed by atoms with Gasteiger partial charge in [-0.2, -0.15) is 0 Å². The van der Waals surface area contributed by atoms with Gasteiger partial charge in [0, 0.05) is 17.8 Å². The van der Waals surface area contributed by atoms with E-state index in [1.807, 2.05) is 41.9 Å². The molecular formula is C12H10N4S. The normalized spacial score (nSPS) is 11.3. The summed E-state index contributed by atoms with van der Waals surface area (Å²) < 4.78 is 0. The van der Waals surface area contributed by atoms with Gasteiger partial charge in [-0.1, -0.05) is 12.1 Å². The number of nitrogens with one attached hydrogen (secondary N) is 2. The number of H-pyrrole nitrogens is 1. The van der Waals surface area contributed by atoms with Crippen LogP contribution in [0.15, 0.2) is 42.0 Å². The molecule has 0 spiro atoms. The van der Waals surface area contributed by atoms with Crippen LogP contribution in [0.4, 0.5) is 5.13 Å². The van der Waals surface area contributed by atoms with Gasteiger partial charge in [0.25, 0.3) is 0 Å². The fourth-order valence-electron chi connectivity index (χ4n) is 1.54. The van der Waals surface area contributed by atoms with Crippen LogP contribution in [-0.2, 0) is 0 Å². The van der Waals surface area contributed by atoms with Crippen molar-refractivity contribution in [3.8, 4) is 0 Å². The van der Waals surface area contributed by atoms with E-state index >= 15 is 0 Å². The molecule has 0 aliphatic heterocycles. The highest BCUT2D eigenvalue weighted by molar-refractivity contribution is 7.13. The Morgan fingerprint density at radius 2 is 2.24 bits per heavy atom. The number of para-hydroxylation sites is 2. The van der Waals surface area contributed by atoms with Gasteiger partial charge in [-0.15, -0.1) is 11.3 Å². The molecule has 2 heterocycles. The Morgan fingerprint density at radius 3 is 3.06 bits per heavy atom. The van der Waals surface area contributed by atoms with E-state index in [1.54, 1.807) is 17.5 Å². The summed E-state index contributed by atoms with van der Waals surface area (Å²) >= 11 is 1.56. The molecule has 4 nitrogen and oxygen atoms in total. The summed E-state index contributed by atoms with van der Waals surface area (Å²) in [5.41, 5.74) is 2.02. The minimum Gasteiger partial charge on any atom is -0.338 e. The fourth-order valence-corrected chi connectivity index (χ4v) is 2.05. The Kier molecular flexibility index (Phi) is 2.59. The van der Waals surface area contributed by atoms with Crippen LogP contribution in [0.1, 0.15) is 5.82 Å². The molecular weight excluding hydrogens is 232 g/mol. The van der Waals surface area contributed by atoms with Gasteiger partial charge in [-0.3, -0.25) is 0 Å². The average molecular weight is 242 g/mol. The maximum absolute atomic E-state index is 4.43. The molecule has 0 atom stereocenters. The number of aromatic amines is 1. The first kappa shape index (κ1) is 10.0. The number of anilines is 1. The van der Waals surface area contributed by atoms with Crippen molar-refractivity contribution in [2.45, 2.75) is 0 Å². The van der Waals surface area contributed by atoms with Crippen LogP contribution in [0.3, 0.4) is 0 Å². The van der Waals surface area contributed by atoms with Gasteiger partial charge in [-0.25, -0.2) is 9.97 Å². The molecule has 0 amide bonds. The van der Waals surface area contributed by atoms with Gasteiger partial charge in [0.1, 0.15) is 5.82 Å². The van der Waals surface area contributed by atoms with E-state index in [4.69, 9.17) is 0 Å². The highest BCUT2D eigenvalue weighted by atomic mass is 32.1. The summed E-state index contributed by atoms with van der Waals surface area (Å²) in [5, 5.41) is 5.88. The zero-order valence-corrected chi connectivity index (χ0v) is 9.74. The van der Waals surface area contributed by atoms with E-state index in [2.05, 4.69) is 20.3 Å². The number of hydrogen-bond acceptors (Lipinski definition) is 4. The van der Waals surface area contributed by atoms with Crippen molar-refractivity contribution in [2.75, 3.05) is 5.32 Å². The second-order valence-electron chi connectivity index (χ2n) is 3.45. The van der Waals surface area contributed by atoms with E-state index in [0.717, 1.165) is 22.0 Å². The first-order chi connectivity index (χ1) is 8.42. The standard InChI is InChI=1S/C12H10N4S/c1-2-4-10-9(3-1)15-11(16-10)5-6-13-12-14-7-8-17-12/h1-8H,(H,13,14)(H,15,16)/b6-5+. The third-order valence-electron chi connectivity index (χ3n) is 2.29. The van der Waals surface area contributed by atoms with Crippen LogP contribution in [0.25, 0.3) is 17.1 Å². The van der Waals surface area contributed by atoms with Crippen molar-refractivity contribution in [1.29, 1.82) is 0 Å². The Balaban J connectivity index is 1.78. The second kappa shape index (κ2) is 4.39. The molecule has 0 radical (unpaired) electrons. The summed E-state index contributed by atoms with van der Waals surface area (Å²) in [7, 11) is 0. The number of hydrogen-bond donors (Lipinski definition) is 2. The van der Waals surface area contributed by atoms with Gasteiger partial charge >= 0.3 is 0 Å². The first-order valence-electron chi connectivity index (χ1n) is 5.19. The van der Waals surface area contributed by atoms with Gasteiger partial charge in [0.05, 0.1) is 11.0 Å². The molecule has 3 rings (SSSR count). The number of imidazole rings is 1. The molecule has 84 valence electrons. The van der Waals surface area contributed by atoms with Crippen molar-refractivity contribution < 1.29 is 0 Å². The van der Waals surface area contributed by atoms with Crippen molar-refractivity contribution in [2.24, 2.45) is 0 Å². The molecule has 0 saturated heterocycles. The molecule has 2 N–H and O–H groups in total. The molecule has 0 unspecified atom stereocenters. The van der Waals surface area contributed by atoms with Gasteiger partial charge < -0.3 is 10.3 Å². The van der Waals surface area contributed by atoms with Crippen molar-refractivity contribution in [3.63, 3.8) is 0 Å². The third kappa shape index (κ3) is 2.19. The molecule has 0 saturated carbocycles. The average Bonchev–Trinajstić information content (AvgIpc) is 2.96. The van der Waals surface area contributed by atoms with Gasteiger partial charge in [-0.05, 0) is 18.2 Å². The number of nitrogens with zero attached hydrogens (tertiary/aromatic N) is 2. The topological polar surface area (TPSA) is 53.6 Å². The van der Waals surface area contributed by atoms with Gasteiger partial charge in [0.15, 0.2) is 5.13 Å².